The largest absolute Gasteiger partial charge is 0.330 e. The number of hydrogen-bond donors (Lipinski definition) is 2. The minimum Gasteiger partial charge on any atom is -0.330 e. The number of nitrogens with two attached hydrogens (primary N) is 1. The summed E-state index contributed by atoms with van der Waals surface area (Å²) < 4.78 is 0. The molecule has 1 saturated heterocycles. The van der Waals surface area contributed by atoms with Crippen LogP contribution in [-0.4, -0.2) is 37.0 Å². The number of piperidine rings is 1. The molecule has 118 valence electrons. The number of amides is 1. The molecule has 1 amide bonds. The normalized spacial score (nSPS) is 18.9. The van der Waals surface area contributed by atoms with Gasteiger partial charge in [0.2, 0.25) is 5.91 Å². The Morgan fingerprint density at radius 2 is 2.10 bits per heavy atom. The lowest BCUT2D eigenvalue weighted by Crippen LogP contribution is -2.42. The van der Waals surface area contributed by atoms with Crippen molar-refractivity contribution >= 4 is 24.0 Å². The average molecular weight is 312 g/mol. The maximum absolute atomic E-state index is 12.0. The molecule has 3 N–H and O–H groups in total. The van der Waals surface area contributed by atoms with Crippen molar-refractivity contribution in [3.8, 4) is 0 Å². The average Bonchev–Trinajstić information content (AvgIpc) is 2.48. The Balaban J connectivity index is 0.00000220. The predicted molar refractivity (Wildman–Crippen MR) is 89.9 cm³/mol. The van der Waals surface area contributed by atoms with E-state index in [9.17, 15) is 4.79 Å². The van der Waals surface area contributed by atoms with Gasteiger partial charge in [0.25, 0.3) is 0 Å². The highest BCUT2D eigenvalue weighted by molar-refractivity contribution is 5.92. The van der Waals surface area contributed by atoms with E-state index in [1.807, 2.05) is 12.1 Å². The van der Waals surface area contributed by atoms with Gasteiger partial charge in [-0.25, -0.2) is 0 Å². The Kier molecular flexibility index (Phi) is 7.72. The van der Waals surface area contributed by atoms with Crippen molar-refractivity contribution in [3.63, 3.8) is 0 Å². The summed E-state index contributed by atoms with van der Waals surface area (Å²) in [7, 11) is 0. The molecule has 1 atom stereocenters. The van der Waals surface area contributed by atoms with Crippen LogP contribution in [0.15, 0.2) is 24.3 Å². The van der Waals surface area contributed by atoms with Crippen molar-refractivity contribution in [1.82, 2.24) is 4.90 Å². The summed E-state index contributed by atoms with van der Waals surface area (Å²) in [5, 5.41) is 2.96. The van der Waals surface area contributed by atoms with Crippen LogP contribution < -0.4 is 11.1 Å². The van der Waals surface area contributed by atoms with Crippen molar-refractivity contribution in [2.45, 2.75) is 26.2 Å². The quantitative estimate of drug-likeness (QED) is 0.877. The van der Waals surface area contributed by atoms with Crippen molar-refractivity contribution in [1.29, 1.82) is 0 Å². The number of carbonyl (C=O) groups excluding carboxylic acids is 1. The van der Waals surface area contributed by atoms with Gasteiger partial charge in [-0.05, 0) is 56.0 Å². The van der Waals surface area contributed by atoms with E-state index >= 15 is 0 Å². The van der Waals surface area contributed by atoms with Gasteiger partial charge in [0, 0.05) is 12.2 Å². The van der Waals surface area contributed by atoms with Crippen LogP contribution in [0.5, 0.6) is 0 Å². The molecule has 1 aliphatic rings. The second-order valence-corrected chi connectivity index (χ2v) is 5.58. The highest BCUT2D eigenvalue weighted by Gasteiger charge is 2.20. The molecule has 1 aliphatic heterocycles. The molecule has 0 aromatic heterocycles. The molecule has 0 saturated carbocycles. The van der Waals surface area contributed by atoms with E-state index in [0.717, 1.165) is 38.2 Å². The van der Waals surface area contributed by atoms with Gasteiger partial charge >= 0.3 is 0 Å². The number of hydrogen-bond acceptors (Lipinski definition) is 3. The summed E-state index contributed by atoms with van der Waals surface area (Å²) in [5.74, 6) is 0.604. The van der Waals surface area contributed by atoms with Gasteiger partial charge in [0.15, 0.2) is 0 Å². The lowest BCUT2D eigenvalue weighted by Gasteiger charge is -2.31. The van der Waals surface area contributed by atoms with Crippen LogP contribution in [0.2, 0.25) is 0 Å². The molecule has 1 heterocycles. The molecule has 0 radical (unpaired) electrons. The molecular formula is C16H26ClN3O. The van der Waals surface area contributed by atoms with Crippen LogP contribution in [0.3, 0.4) is 0 Å². The first-order chi connectivity index (χ1) is 9.71. The van der Waals surface area contributed by atoms with Crippen LogP contribution >= 0.6 is 12.4 Å². The van der Waals surface area contributed by atoms with Crippen molar-refractivity contribution in [2.75, 3.05) is 31.5 Å². The highest BCUT2D eigenvalue weighted by atomic mass is 35.5. The SMILES string of the molecule is CCc1ccc(NC(=O)CN2CCCC(CN)C2)cc1.Cl. The van der Waals surface area contributed by atoms with E-state index in [2.05, 4.69) is 29.3 Å². The van der Waals surface area contributed by atoms with Gasteiger partial charge in [-0.1, -0.05) is 19.1 Å². The van der Waals surface area contributed by atoms with E-state index in [-0.39, 0.29) is 18.3 Å². The molecule has 2 rings (SSSR count). The zero-order valence-electron chi connectivity index (χ0n) is 12.7. The summed E-state index contributed by atoms with van der Waals surface area (Å²) in [5.41, 5.74) is 7.88. The van der Waals surface area contributed by atoms with Crippen LogP contribution in [0.25, 0.3) is 0 Å². The van der Waals surface area contributed by atoms with Crippen molar-refractivity contribution < 1.29 is 4.79 Å². The minimum atomic E-state index is 0. The topological polar surface area (TPSA) is 58.4 Å². The number of benzene rings is 1. The molecule has 0 spiro atoms. The molecule has 0 bridgehead atoms. The molecule has 21 heavy (non-hydrogen) atoms. The number of carbonyl (C=O) groups is 1. The summed E-state index contributed by atoms with van der Waals surface area (Å²) >= 11 is 0. The van der Waals surface area contributed by atoms with Gasteiger partial charge < -0.3 is 11.1 Å². The zero-order valence-corrected chi connectivity index (χ0v) is 13.5. The third kappa shape index (κ3) is 5.65. The van der Waals surface area contributed by atoms with Gasteiger partial charge in [0.1, 0.15) is 0 Å². The Morgan fingerprint density at radius 3 is 2.71 bits per heavy atom. The summed E-state index contributed by atoms with van der Waals surface area (Å²) in [6.07, 6.45) is 3.34. The fraction of sp³-hybridized carbons (Fsp3) is 0.562. The van der Waals surface area contributed by atoms with E-state index < -0.39 is 0 Å². The second kappa shape index (κ2) is 9.03. The number of halogens is 1. The second-order valence-electron chi connectivity index (χ2n) is 5.58. The summed E-state index contributed by atoms with van der Waals surface area (Å²) in [6.45, 7) is 5.25. The molecule has 1 aromatic rings. The summed E-state index contributed by atoms with van der Waals surface area (Å²) in [6, 6.07) is 8.05. The van der Waals surface area contributed by atoms with Crippen molar-refractivity contribution in [3.05, 3.63) is 29.8 Å². The smallest absolute Gasteiger partial charge is 0.238 e. The Bertz CT molecular complexity index is 436. The molecule has 1 fully saturated rings. The fourth-order valence-electron chi connectivity index (χ4n) is 2.71. The number of nitrogens with zero attached hydrogens (tertiary/aromatic N) is 1. The van der Waals surface area contributed by atoms with Gasteiger partial charge in [0.05, 0.1) is 6.54 Å². The van der Waals surface area contributed by atoms with Gasteiger partial charge in [-0.15, -0.1) is 12.4 Å². The minimum absolute atomic E-state index is 0. The number of anilines is 1. The van der Waals surface area contributed by atoms with Gasteiger partial charge in [-0.3, -0.25) is 9.69 Å². The monoisotopic (exact) mass is 311 g/mol. The molecule has 1 aromatic carbocycles. The maximum Gasteiger partial charge on any atom is 0.238 e. The maximum atomic E-state index is 12.0. The van der Waals surface area contributed by atoms with E-state index in [1.54, 1.807) is 0 Å². The number of likely N-dealkylation sites (tertiary alicyclic amines) is 1. The van der Waals surface area contributed by atoms with Crippen LogP contribution in [-0.2, 0) is 11.2 Å². The number of rotatable bonds is 5. The first-order valence-corrected chi connectivity index (χ1v) is 7.52. The molecule has 5 heteroatoms. The van der Waals surface area contributed by atoms with E-state index in [0.29, 0.717) is 12.5 Å². The predicted octanol–water partition coefficient (Wildman–Crippen LogP) is 2.28. The zero-order chi connectivity index (χ0) is 14.4. The third-order valence-electron chi connectivity index (χ3n) is 3.95. The summed E-state index contributed by atoms with van der Waals surface area (Å²) in [4.78, 5) is 14.3. The first kappa shape index (κ1) is 18.0. The molecule has 4 nitrogen and oxygen atoms in total. The molecule has 0 aliphatic carbocycles. The van der Waals surface area contributed by atoms with Crippen LogP contribution in [0, 0.1) is 5.92 Å². The van der Waals surface area contributed by atoms with Crippen LogP contribution in [0.4, 0.5) is 5.69 Å². The lowest BCUT2D eigenvalue weighted by molar-refractivity contribution is -0.117. The third-order valence-corrected chi connectivity index (χ3v) is 3.95. The van der Waals surface area contributed by atoms with E-state index in [1.165, 1.54) is 12.0 Å². The highest BCUT2D eigenvalue weighted by Crippen LogP contribution is 2.15. The fourth-order valence-corrected chi connectivity index (χ4v) is 2.71. The van der Waals surface area contributed by atoms with E-state index in [4.69, 9.17) is 5.73 Å². The Hall–Kier alpha value is -1.10. The first-order valence-electron chi connectivity index (χ1n) is 7.52. The molecule has 1 unspecified atom stereocenters. The van der Waals surface area contributed by atoms with Crippen LogP contribution in [0.1, 0.15) is 25.3 Å². The van der Waals surface area contributed by atoms with Gasteiger partial charge in [-0.2, -0.15) is 0 Å². The number of nitrogens with one attached hydrogen (secondary N) is 1. The Morgan fingerprint density at radius 1 is 1.38 bits per heavy atom. The number of aryl methyl sites for hydroxylation is 1. The Labute approximate surface area is 133 Å². The lowest BCUT2D eigenvalue weighted by atomic mass is 9.98. The standard InChI is InChI=1S/C16H25N3O.ClH/c1-2-13-5-7-15(8-6-13)18-16(20)12-19-9-3-4-14(10-17)11-19;/h5-8,14H,2-4,9-12,17H2,1H3,(H,18,20);1H. The molecular weight excluding hydrogens is 286 g/mol. The van der Waals surface area contributed by atoms with Crippen molar-refractivity contribution in [2.24, 2.45) is 11.7 Å².